The molecule has 2 aromatic rings. The second kappa shape index (κ2) is 3.84. The number of aryl methyl sites for hydroxylation is 1. The Morgan fingerprint density at radius 2 is 2.14 bits per heavy atom. The van der Waals surface area contributed by atoms with E-state index < -0.39 is 0 Å². The minimum absolute atomic E-state index is 0.756. The minimum Gasteiger partial charge on any atom is -0.278 e. The molecule has 0 aliphatic carbocycles. The van der Waals surface area contributed by atoms with E-state index in [4.69, 9.17) is 11.6 Å². The number of hydrogen-bond acceptors (Lipinski definition) is 1. The molecule has 0 saturated heterocycles. The molecule has 2 nitrogen and oxygen atoms in total. The van der Waals surface area contributed by atoms with Crippen molar-refractivity contribution in [2.75, 3.05) is 0 Å². The molecule has 0 radical (unpaired) electrons. The maximum Gasteiger partial charge on any atom is 0.0697 e. The van der Waals surface area contributed by atoms with Crippen LogP contribution in [0.5, 0.6) is 0 Å². The third kappa shape index (κ3) is 1.53. The molecule has 0 aliphatic heterocycles. The Morgan fingerprint density at radius 1 is 1.36 bits per heavy atom. The highest BCUT2D eigenvalue weighted by atomic mass is 35.5. The molecule has 1 aromatic carbocycles. The van der Waals surface area contributed by atoms with Gasteiger partial charge in [-0.1, -0.05) is 36.7 Å². The molecule has 0 amide bonds. The summed E-state index contributed by atoms with van der Waals surface area (Å²) in [7, 11) is 0. The maximum atomic E-state index is 6.10. The lowest BCUT2D eigenvalue weighted by molar-refractivity contribution is 1.10. The van der Waals surface area contributed by atoms with E-state index in [0.717, 1.165) is 22.7 Å². The smallest absolute Gasteiger partial charge is 0.0697 e. The van der Waals surface area contributed by atoms with Crippen molar-refractivity contribution in [3.8, 4) is 11.3 Å². The van der Waals surface area contributed by atoms with Gasteiger partial charge < -0.3 is 0 Å². The summed E-state index contributed by atoms with van der Waals surface area (Å²) in [5.41, 5.74) is 3.24. The molecule has 0 fully saturated rings. The third-order valence-electron chi connectivity index (χ3n) is 2.24. The van der Waals surface area contributed by atoms with Crippen molar-refractivity contribution in [2.24, 2.45) is 0 Å². The first-order valence-electron chi connectivity index (χ1n) is 4.60. The lowest BCUT2D eigenvalue weighted by atomic mass is 10.1. The van der Waals surface area contributed by atoms with Gasteiger partial charge in [0.15, 0.2) is 0 Å². The van der Waals surface area contributed by atoms with Crippen molar-refractivity contribution in [2.45, 2.75) is 13.3 Å². The van der Waals surface area contributed by atoms with E-state index >= 15 is 0 Å². The minimum atomic E-state index is 0.756. The summed E-state index contributed by atoms with van der Waals surface area (Å²) in [6.07, 6.45) is 2.80. The Balaban J connectivity index is 2.54. The van der Waals surface area contributed by atoms with E-state index in [0.29, 0.717) is 0 Å². The molecule has 0 atom stereocenters. The van der Waals surface area contributed by atoms with E-state index in [1.807, 2.05) is 30.5 Å². The molecule has 72 valence electrons. The van der Waals surface area contributed by atoms with Crippen LogP contribution in [0.15, 0.2) is 30.5 Å². The highest BCUT2D eigenvalue weighted by Crippen LogP contribution is 2.28. The maximum absolute atomic E-state index is 6.10. The van der Waals surface area contributed by atoms with E-state index in [1.165, 1.54) is 5.56 Å². The molecule has 1 heterocycles. The zero-order valence-corrected chi connectivity index (χ0v) is 8.67. The van der Waals surface area contributed by atoms with E-state index in [9.17, 15) is 0 Å². The van der Waals surface area contributed by atoms with Crippen LogP contribution in [0.25, 0.3) is 11.3 Å². The van der Waals surface area contributed by atoms with E-state index in [1.54, 1.807) is 0 Å². The monoisotopic (exact) mass is 206 g/mol. The fraction of sp³-hybridized carbons (Fsp3) is 0.182. The number of halogens is 1. The Bertz CT molecular complexity index is 434. The normalized spacial score (nSPS) is 10.4. The van der Waals surface area contributed by atoms with Crippen molar-refractivity contribution in [3.63, 3.8) is 0 Å². The van der Waals surface area contributed by atoms with Crippen molar-refractivity contribution < 1.29 is 0 Å². The first kappa shape index (κ1) is 9.28. The average molecular weight is 207 g/mol. The number of aromatic nitrogens is 2. The summed E-state index contributed by atoms with van der Waals surface area (Å²) >= 11 is 6.10. The fourth-order valence-corrected chi connectivity index (χ4v) is 1.71. The lowest BCUT2D eigenvalue weighted by Gasteiger charge is -2.02. The molecule has 0 spiro atoms. The lowest BCUT2D eigenvalue weighted by Crippen LogP contribution is -1.85. The van der Waals surface area contributed by atoms with E-state index in [2.05, 4.69) is 17.1 Å². The van der Waals surface area contributed by atoms with Crippen molar-refractivity contribution in [3.05, 3.63) is 41.0 Å². The average Bonchev–Trinajstić information content (AvgIpc) is 2.66. The Morgan fingerprint density at radius 3 is 2.86 bits per heavy atom. The Labute approximate surface area is 87.9 Å². The number of nitrogens with zero attached hydrogens (tertiary/aromatic N) is 1. The van der Waals surface area contributed by atoms with Gasteiger partial charge in [-0.3, -0.25) is 5.10 Å². The zero-order valence-electron chi connectivity index (χ0n) is 7.92. The van der Waals surface area contributed by atoms with Crippen LogP contribution >= 0.6 is 11.6 Å². The van der Waals surface area contributed by atoms with Crippen molar-refractivity contribution >= 4 is 11.6 Å². The standard InChI is InChI=1S/C11H11ClN2/c1-2-8-7-13-14-11(8)9-5-3-4-6-10(9)12/h3-7H,2H2,1H3,(H,13,14). The first-order chi connectivity index (χ1) is 6.83. The summed E-state index contributed by atoms with van der Waals surface area (Å²) in [4.78, 5) is 0. The van der Waals surface area contributed by atoms with Gasteiger partial charge in [-0.2, -0.15) is 5.10 Å². The Kier molecular flexibility index (Phi) is 2.55. The van der Waals surface area contributed by atoms with Gasteiger partial charge >= 0.3 is 0 Å². The van der Waals surface area contributed by atoms with E-state index in [-0.39, 0.29) is 0 Å². The number of aromatic amines is 1. The predicted molar refractivity (Wildman–Crippen MR) is 58.4 cm³/mol. The van der Waals surface area contributed by atoms with Gasteiger partial charge in [0.2, 0.25) is 0 Å². The molecule has 1 aromatic heterocycles. The molecule has 0 aliphatic rings. The molecule has 2 rings (SSSR count). The fourth-order valence-electron chi connectivity index (χ4n) is 1.48. The summed E-state index contributed by atoms with van der Waals surface area (Å²) < 4.78 is 0. The van der Waals surface area contributed by atoms with Gasteiger partial charge in [0.1, 0.15) is 0 Å². The molecule has 14 heavy (non-hydrogen) atoms. The summed E-state index contributed by atoms with van der Waals surface area (Å²) in [6.45, 7) is 2.10. The number of H-pyrrole nitrogens is 1. The molecule has 3 heteroatoms. The van der Waals surface area contributed by atoms with Crippen LogP contribution in [-0.2, 0) is 6.42 Å². The van der Waals surface area contributed by atoms with Crippen LogP contribution in [0.1, 0.15) is 12.5 Å². The number of benzene rings is 1. The molecular weight excluding hydrogens is 196 g/mol. The highest BCUT2D eigenvalue weighted by Gasteiger charge is 2.08. The number of hydrogen-bond donors (Lipinski definition) is 1. The molecular formula is C11H11ClN2. The van der Waals surface area contributed by atoms with Gasteiger partial charge in [-0.05, 0) is 18.1 Å². The van der Waals surface area contributed by atoms with Crippen LogP contribution in [0.3, 0.4) is 0 Å². The number of nitrogens with one attached hydrogen (secondary N) is 1. The second-order valence-electron chi connectivity index (χ2n) is 3.10. The van der Waals surface area contributed by atoms with Crippen LogP contribution < -0.4 is 0 Å². The van der Waals surface area contributed by atoms with Gasteiger partial charge in [-0.25, -0.2) is 0 Å². The van der Waals surface area contributed by atoms with Crippen LogP contribution in [0, 0.1) is 0 Å². The SMILES string of the molecule is CCc1cn[nH]c1-c1ccccc1Cl. The number of rotatable bonds is 2. The van der Waals surface area contributed by atoms with Crippen LogP contribution in [0.2, 0.25) is 5.02 Å². The Hall–Kier alpha value is -1.28. The van der Waals surface area contributed by atoms with Gasteiger partial charge in [0, 0.05) is 10.6 Å². The van der Waals surface area contributed by atoms with Gasteiger partial charge in [-0.15, -0.1) is 0 Å². The quantitative estimate of drug-likeness (QED) is 0.803. The topological polar surface area (TPSA) is 28.7 Å². The molecule has 0 unspecified atom stereocenters. The van der Waals surface area contributed by atoms with Gasteiger partial charge in [0.05, 0.1) is 11.9 Å². The molecule has 1 N–H and O–H groups in total. The molecule has 0 bridgehead atoms. The zero-order chi connectivity index (χ0) is 9.97. The highest BCUT2D eigenvalue weighted by molar-refractivity contribution is 6.33. The van der Waals surface area contributed by atoms with Crippen LogP contribution in [-0.4, -0.2) is 10.2 Å². The predicted octanol–water partition coefficient (Wildman–Crippen LogP) is 3.29. The summed E-state index contributed by atoms with van der Waals surface area (Å²) in [5, 5.41) is 7.76. The largest absolute Gasteiger partial charge is 0.278 e. The van der Waals surface area contributed by atoms with Crippen molar-refractivity contribution in [1.82, 2.24) is 10.2 Å². The van der Waals surface area contributed by atoms with Gasteiger partial charge in [0.25, 0.3) is 0 Å². The van der Waals surface area contributed by atoms with Crippen molar-refractivity contribution in [1.29, 1.82) is 0 Å². The summed E-state index contributed by atoms with van der Waals surface area (Å²) in [6, 6.07) is 7.78. The third-order valence-corrected chi connectivity index (χ3v) is 2.57. The summed E-state index contributed by atoms with van der Waals surface area (Å²) in [5.74, 6) is 0. The van der Waals surface area contributed by atoms with Crippen LogP contribution in [0.4, 0.5) is 0 Å². The first-order valence-corrected chi connectivity index (χ1v) is 4.98. The second-order valence-corrected chi connectivity index (χ2v) is 3.51. The molecule has 0 saturated carbocycles.